The Bertz CT molecular complexity index is 386. The van der Waals surface area contributed by atoms with Crippen LogP contribution in [0.3, 0.4) is 0 Å². The fourth-order valence-electron chi connectivity index (χ4n) is 1.70. The molecule has 0 atom stereocenters. The summed E-state index contributed by atoms with van der Waals surface area (Å²) in [6, 6.07) is 0. The second-order valence-corrected chi connectivity index (χ2v) is 4.43. The first-order valence-corrected chi connectivity index (χ1v) is 5.63. The van der Waals surface area contributed by atoms with Crippen LogP contribution in [0.1, 0.15) is 18.2 Å². The van der Waals surface area contributed by atoms with Crippen molar-refractivity contribution in [2.24, 2.45) is 7.05 Å². The number of thioether (sulfide) groups is 1. The lowest BCUT2D eigenvalue weighted by molar-refractivity contribution is -0.116. The molecule has 0 bridgehead atoms. The molecular formula is C9H13N3OS. The van der Waals surface area contributed by atoms with Crippen LogP contribution < -0.4 is 4.90 Å². The number of carbonyl (C=O) groups excluding carboxylic acids is 1. The zero-order valence-electron chi connectivity index (χ0n) is 8.57. The van der Waals surface area contributed by atoms with Crippen LogP contribution in [-0.4, -0.2) is 22.7 Å². The van der Waals surface area contributed by atoms with Gasteiger partial charge in [-0.1, -0.05) is 0 Å². The standard InChI is InChI=1S/C9H13N3OS/c1-6(13)11(2)9-7-4-14-5-8(7)10-12(9)3/h4-5H2,1-3H3. The highest BCUT2D eigenvalue weighted by atomic mass is 32.2. The number of amides is 1. The Morgan fingerprint density at radius 2 is 2.29 bits per heavy atom. The van der Waals surface area contributed by atoms with Gasteiger partial charge in [-0.3, -0.25) is 9.48 Å². The minimum atomic E-state index is 0.0488. The molecule has 0 fully saturated rings. The second kappa shape index (κ2) is 3.31. The largest absolute Gasteiger partial charge is 0.300 e. The number of nitrogens with zero attached hydrogens (tertiary/aromatic N) is 3. The van der Waals surface area contributed by atoms with E-state index >= 15 is 0 Å². The van der Waals surface area contributed by atoms with Crippen molar-refractivity contribution in [1.29, 1.82) is 0 Å². The molecule has 0 saturated heterocycles. The van der Waals surface area contributed by atoms with Gasteiger partial charge in [0.25, 0.3) is 0 Å². The number of fused-ring (bicyclic) bond motifs is 1. The molecule has 4 nitrogen and oxygen atoms in total. The van der Waals surface area contributed by atoms with Gasteiger partial charge in [-0.05, 0) is 0 Å². The van der Waals surface area contributed by atoms with Crippen molar-refractivity contribution in [2.75, 3.05) is 11.9 Å². The van der Waals surface area contributed by atoms with E-state index in [1.165, 1.54) is 5.56 Å². The number of aromatic nitrogens is 2. The van der Waals surface area contributed by atoms with Crippen molar-refractivity contribution in [3.8, 4) is 0 Å². The summed E-state index contributed by atoms with van der Waals surface area (Å²) in [7, 11) is 3.68. The second-order valence-electron chi connectivity index (χ2n) is 3.44. The van der Waals surface area contributed by atoms with Crippen molar-refractivity contribution in [3.63, 3.8) is 0 Å². The van der Waals surface area contributed by atoms with Crippen molar-refractivity contribution in [1.82, 2.24) is 9.78 Å². The summed E-state index contributed by atoms with van der Waals surface area (Å²) in [4.78, 5) is 12.9. The molecule has 0 radical (unpaired) electrons. The highest BCUT2D eigenvalue weighted by molar-refractivity contribution is 7.98. The van der Waals surface area contributed by atoms with Crippen LogP contribution in [0.4, 0.5) is 5.82 Å². The summed E-state index contributed by atoms with van der Waals surface area (Å²) in [5, 5.41) is 4.40. The Morgan fingerprint density at radius 1 is 1.57 bits per heavy atom. The molecule has 2 heterocycles. The lowest BCUT2D eigenvalue weighted by Crippen LogP contribution is -2.26. The summed E-state index contributed by atoms with van der Waals surface area (Å²) in [6.45, 7) is 1.57. The van der Waals surface area contributed by atoms with Crippen LogP contribution in [0.5, 0.6) is 0 Å². The van der Waals surface area contributed by atoms with Gasteiger partial charge in [0.15, 0.2) is 0 Å². The third-order valence-electron chi connectivity index (χ3n) is 2.47. The number of carbonyl (C=O) groups is 1. The highest BCUT2D eigenvalue weighted by Gasteiger charge is 2.24. The molecule has 1 amide bonds. The van der Waals surface area contributed by atoms with E-state index in [1.807, 2.05) is 18.8 Å². The lowest BCUT2D eigenvalue weighted by atomic mass is 10.2. The van der Waals surface area contributed by atoms with Crippen LogP contribution in [0, 0.1) is 0 Å². The average Bonchev–Trinajstić information content (AvgIpc) is 2.62. The van der Waals surface area contributed by atoms with Gasteiger partial charge in [0, 0.05) is 38.1 Å². The van der Waals surface area contributed by atoms with Crippen molar-refractivity contribution in [3.05, 3.63) is 11.3 Å². The lowest BCUT2D eigenvalue weighted by Gasteiger charge is -2.16. The van der Waals surface area contributed by atoms with Gasteiger partial charge in [-0.15, -0.1) is 0 Å². The Labute approximate surface area is 87.3 Å². The Balaban J connectivity index is 2.46. The molecule has 0 saturated carbocycles. The smallest absolute Gasteiger partial charge is 0.224 e. The molecular weight excluding hydrogens is 198 g/mol. The van der Waals surface area contributed by atoms with E-state index in [2.05, 4.69) is 5.10 Å². The van der Waals surface area contributed by atoms with E-state index < -0.39 is 0 Å². The molecule has 1 aromatic rings. The van der Waals surface area contributed by atoms with Crippen LogP contribution in [-0.2, 0) is 23.3 Å². The molecule has 0 aromatic carbocycles. The van der Waals surface area contributed by atoms with Crippen LogP contribution in [0.25, 0.3) is 0 Å². The van der Waals surface area contributed by atoms with E-state index in [1.54, 1.807) is 23.6 Å². The summed E-state index contributed by atoms with van der Waals surface area (Å²) < 4.78 is 1.80. The van der Waals surface area contributed by atoms with Gasteiger partial charge in [-0.2, -0.15) is 16.9 Å². The van der Waals surface area contributed by atoms with Gasteiger partial charge < -0.3 is 4.90 Å². The van der Waals surface area contributed by atoms with Crippen molar-refractivity contribution < 1.29 is 4.79 Å². The first-order chi connectivity index (χ1) is 6.61. The van der Waals surface area contributed by atoms with Gasteiger partial charge >= 0.3 is 0 Å². The number of hydrogen-bond donors (Lipinski definition) is 0. The Kier molecular flexibility index (Phi) is 2.26. The number of hydrogen-bond acceptors (Lipinski definition) is 3. The molecule has 76 valence electrons. The minimum Gasteiger partial charge on any atom is -0.300 e. The zero-order chi connectivity index (χ0) is 10.3. The molecule has 0 spiro atoms. The maximum atomic E-state index is 11.3. The highest BCUT2D eigenvalue weighted by Crippen LogP contribution is 2.35. The topological polar surface area (TPSA) is 38.1 Å². The first-order valence-electron chi connectivity index (χ1n) is 4.48. The summed E-state index contributed by atoms with van der Waals surface area (Å²) in [5.41, 5.74) is 2.34. The normalized spacial score (nSPS) is 14.2. The minimum absolute atomic E-state index is 0.0488. The summed E-state index contributed by atoms with van der Waals surface area (Å²) >= 11 is 1.85. The number of rotatable bonds is 1. The number of aryl methyl sites for hydroxylation is 1. The number of anilines is 1. The maximum Gasteiger partial charge on any atom is 0.224 e. The monoisotopic (exact) mass is 211 g/mol. The molecule has 0 aliphatic carbocycles. The van der Waals surface area contributed by atoms with Crippen LogP contribution in [0.2, 0.25) is 0 Å². The van der Waals surface area contributed by atoms with Gasteiger partial charge in [0.05, 0.1) is 5.69 Å². The van der Waals surface area contributed by atoms with E-state index in [-0.39, 0.29) is 5.91 Å². The maximum absolute atomic E-state index is 11.3. The van der Waals surface area contributed by atoms with Crippen LogP contribution >= 0.6 is 11.8 Å². The predicted octanol–water partition coefficient (Wildman–Crippen LogP) is 1.15. The molecule has 2 rings (SSSR count). The third-order valence-corrected chi connectivity index (χ3v) is 3.44. The van der Waals surface area contributed by atoms with E-state index in [0.717, 1.165) is 23.0 Å². The third kappa shape index (κ3) is 1.32. The van der Waals surface area contributed by atoms with Gasteiger partial charge in [0.2, 0.25) is 5.91 Å². The first kappa shape index (κ1) is 9.58. The quantitative estimate of drug-likeness (QED) is 0.699. The van der Waals surface area contributed by atoms with Crippen molar-refractivity contribution in [2.45, 2.75) is 18.4 Å². The molecule has 5 heteroatoms. The average molecular weight is 211 g/mol. The predicted molar refractivity (Wildman–Crippen MR) is 57.3 cm³/mol. The zero-order valence-corrected chi connectivity index (χ0v) is 9.39. The Hall–Kier alpha value is -0.970. The molecule has 1 aliphatic heterocycles. The Morgan fingerprint density at radius 3 is 2.93 bits per heavy atom. The molecule has 0 unspecified atom stereocenters. The fourth-order valence-corrected chi connectivity index (χ4v) is 2.72. The van der Waals surface area contributed by atoms with Gasteiger partial charge in [-0.25, -0.2) is 0 Å². The van der Waals surface area contributed by atoms with E-state index in [4.69, 9.17) is 0 Å². The molecule has 14 heavy (non-hydrogen) atoms. The van der Waals surface area contributed by atoms with Gasteiger partial charge in [0.1, 0.15) is 5.82 Å². The SMILES string of the molecule is CC(=O)N(C)c1c2c(nn1C)CSC2. The summed E-state index contributed by atoms with van der Waals surface area (Å²) in [5.74, 6) is 2.93. The fraction of sp³-hybridized carbons (Fsp3) is 0.556. The van der Waals surface area contributed by atoms with Crippen LogP contribution in [0.15, 0.2) is 0 Å². The van der Waals surface area contributed by atoms with Crippen molar-refractivity contribution >= 4 is 23.5 Å². The molecule has 0 N–H and O–H groups in total. The van der Waals surface area contributed by atoms with E-state index in [9.17, 15) is 4.79 Å². The summed E-state index contributed by atoms with van der Waals surface area (Å²) in [6.07, 6.45) is 0. The molecule has 1 aliphatic rings. The van der Waals surface area contributed by atoms with E-state index in [0.29, 0.717) is 0 Å². The molecule has 1 aromatic heterocycles.